The molecule has 1 aromatic heterocycles. The standard InChI is InChI=1S/C13H13FN4O2/c1-8-3-5-9(6-4-8)16-12(19)18-7-10(14)11(15)17(2)13(18)20/h3-7,15H,1-2H3,(H,16,19). The molecule has 20 heavy (non-hydrogen) atoms. The minimum Gasteiger partial charge on any atom is -0.307 e. The Morgan fingerprint density at radius 2 is 1.90 bits per heavy atom. The number of rotatable bonds is 1. The van der Waals surface area contributed by atoms with Gasteiger partial charge in [-0.1, -0.05) is 17.7 Å². The van der Waals surface area contributed by atoms with Gasteiger partial charge in [-0.05, 0) is 19.1 Å². The van der Waals surface area contributed by atoms with Crippen LogP contribution in [0.2, 0.25) is 0 Å². The average Bonchev–Trinajstić information content (AvgIpc) is 2.43. The molecule has 0 aliphatic carbocycles. The predicted octanol–water partition coefficient (Wildman–Crippen LogP) is 1.19. The Bertz CT molecular complexity index is 774. The summed E-state index contributed by atoms with van der Waals surface area (Å²) in [5.74, 6) is -0.953. The van der Waals surface area contributed by atoms with E-state index in [1.54, 1.807) is 24.3 Å². The van der Waals surface area contributed by atoms with E-state index in [2.05, 4.69) is 5.32 Å². The number of aryl methyl sites for hydroxylation is 1. The summed E-state index contributed by atoms with van der Waals surface area (Å²) in [4.78, 5) is 23.8. The van der Waals surface area contributed by atoms with E-state index >= 15 is 0 Å². The average molecular weight is 276 g/mol. The highest BCUT2D eigenvalue weighted by Crippen LogP contribution is 2.08. The van der Waals surface area contributed by atoms with Crippen molar-refractivity contribution in [1.29, 1.82) is 5.41 Å². The monoisotopic (exact) mass is 276 g/mol. The highest BCUT2D eigenvalue weighted by Gasteiger charge is 2.12. The van der Waals surface area contributed by atoms with Crippen LogP contribution in [0.4, 0.5) is 14.9 Å². The Morgan fingerprint density at radius 1 is 1.30 bits per heavy atom. The van der Waals surface area contributed by atoms with E-state index in [0.717, 1.165) is 10.1 Å². The largest absolute Gasteiger partial charge is 0.337 e. The molecule has 2 N–H and O–H groups in total. The highest BCUT2D eigenvalue weighted by atomic mass is 19.1. The summed E-state index contributed by atoms with van der Waals surface area (Å²) in [6.07, 6.45) is 0.703. The zero-order valence-electron chi connectivity index (χ0n) is 11.0. The third-order valence-electron chi connectivity index (χ3n) is 2.82. The van der Waals surface area contributed by atoms with E-state index in [4.69, 9.17) is 5.41 Å². The number of amides is 1. The van der Waals surface area contributed by atoms with Crippen LogP contribution in [0, 0.1) is 18.2 Å². The molecule has 0 spiro atoms. The van der Waals surface area contributed by atoms with Crippen molar-refractivity contribution in [3.05, 3.63) is 57.8 Å². The first-order valence-corrected chi connectivity index (χ1v) is 5.81. The van der Waals surface area contributed by atoms with Crippen molar-refractivity contribution >= 4 is 11.7 Å². The maximum Gasteiger partial charge on any atom is 0.337 e. The zero-order chi connectivity index (χ0) is 14.9. The molecule has 0 saturated carbocycles. The first-order valence-electron chi connectivity index (χ1n) is 5.81. The van der Waals surface area contributed by atoms with Gasteiger partial charge in [0.25, 0.3) is 0 Å². The van der Waals surface area contributed by atoms with Crippen LogP contribution in [-0.4, -0.2) is 15.2 Å². The molecule has 2 rings (SSSR count). The van der Waals surface area contributed by atoms with Crippen molar-refractivity contribution in [3.63, 3.8) is 0 Å². The van der Waals surface area contributed by atoms with Crippen LogP contribution >= 0.6 is 0 Å². The van der Waals surface area contributed by atoms with Crippen LogP contribution in [0.1, 0.15) is 5.56 Å². The Labute approximate surface area is 113 Å². The first-order chi connectivity index (χ1) is 9.40. The van der Waals surface area contributed by atoms with Crippen LogP contribution < -0.4 is 16.5 Å². The molecule has 0 saturated heterocycles. The van der Waals surface area contributed by atoms with Crippen molar-refractivity contribution in [2.75, 3.05) is 5.32 Å². The van der Waals surface area contributed by atoms with E-state index in [0.29, 0.717) is 16.5 Å². The number of nitrogens with zero attached hydrogens (tertiary/aromatic N) is 2. The van der Waals surface area contributed by atoms with Crippen molar-refractivity contribution in [1.82, 2.24) is 9.13 Å². The lowest BCUT2D eigenvalue weighted by Crippen LogP contribution is -2.43. The summed E-state index contributed by atoms with van der Waals surface area (Å²) >= 11 is 0. The van der Waals surface area contributed by atoms with E-state index in [1.807, 2.05) is 6.92 Å². The number of anilines is 1. The Hall–Kier alpha value is -2.70. The molecule has 0 aliphatic rings. The topological polar surface area (TPSA) is 79.9 Å². The lowest BCUT2D eigenvalue weighted by atomic mass is 10.2. The molecule has 0 bridgehead atoms. The van der Waals surface area contributed by atoms with Crippen molar-refractivity contribution in [2.45, 2.75) is 6.92 Å². The summed E-state index contributed by atoms with van der Waals surface area (Å²) in [5.41, 5.74) is 0.150. The molecular formula is C13H13FN4O2. The van der Waals surface area contributed by atoms with Crippen molar-refractivity contribution < 1.29 is 9.18 Å². The van der Waals surface area contributed by atoms with Gasteiger partial charge in [-0.15, -0.1) is 0 Å². The quantitative estimate of drug-likeness (QED) is 0.820. The third kappa shape index (κ3) is 2.51. The molecule has 1 aromatic carbocycles. The molecule has 1 amide bonds. The minimum absolute atomic E-state index is 0.491. The molecule has 104 valence electrons. The van der Waals surface area contributed by atoms with Gasteiger partial charge in [0.1, 0.15) is 0 Å². The summed E-state index contributed by atoms with van der Waals surface area (Å²) < 4.78 is 14.8. The Kier molecular flexibility index (Phi) is 3.51. The second kappa shape index (κ2) is 5.12. The highest BCUT2D eigenvalue weighted by molar-refractivity contribution is 5.90. The second-order valence-corrected chi connectivity index (χ2v) is 4.33. The smallest absolute Gasteiger partial charge is 0.307 e. The van der Waals surface area contributed by atoms with Gasteiger partial charge in [-0.2, -0.15) is 0 Å². The number of carbonyl (C=O) groups excluding carboxylic acids is 1. The lowest BCUT2D eigenvalue weighted by Gasteiger charge is -2.09. The van der Waals surface area contributed by atoms with Gasteiger partial charge in [-0.3, -0.25) is 9.98 Å². The van der Waals surface area contributed by atoms with Crippen molar-refractivity contribution in [2.24, 2.45) is 7.05 Å². The predicted molar refractivity (Wildman–Crippen MR) is 71.1 cm³/mol. The van der Waals surface area contributed by atoms with Crippen LogP contribution in [0.3, 0.4) is 0 Å². The minimum atomic E-state index is -0.953. The summed E-state index contributed by atoms with van der Waals surface area (Å²) in [5, 5.41) is 9.79. The summed E-state index contributed by atoms with van der Waals surface area (Å²) in [6, 6.07) is 6.16. The number of benzene rings is 1. The number of hydrogen-bond donors (Lipinski definition) is 2. The maximum atomic E-state index is 13.4. The van der Waals surface area contributed by atoms with E-state index in [9.17, 15) is 14.0 Å². The molecule has 0 atom stereocenters. The van der Waals surface area contributed by atoms with Gasteiger partial charge >= 0.3 is 11.7 Å². The fraction of sp³-hybridized carbons (Fsp3) is 0.154. The normalized spacial score (nSPS) is 10.3. The van der Waals surface area contributed by atoms with Gasteiger partial charge in [0.05, 0.1) is 6.20 Å². The summed E-state index contributed by atoms with van der Waals surface area (Å²) in [7, 11) is 1.23. The maximum absolute atomic E-state index is 13.4. The summed E-state index contributed by atoms with van der Waals surface area (Å²) in [6.45, 7) is 1.90. The fourth-order valence-electron chi connectivity index (χ4n) is 1.61. The Morgan fingerprint density at radius 3 is 2.50 bits per heavy atom. The molecule has 0 unspecified atom stereocenters. The number of hydrogen-bond acceptors (Lipinski definition) is 3. The molecule has 0 radical (unpaired) electrons. The molecule has 0 fully saturated rings. The number of carbonyl (C=O) groups is 1. The molecule has 1 heterocycles. The van der Waals surface area contributed by atoms with E-state index in [1.165, 1.54) is 7.05 Å². The molecule has 7 heteroatoms. The van der Waals surface area contributed by atoms with Gasteiger partial charge in [0.2, 0.25) is 0 Å². The number of aromatic nitrogens is 2. The van der Waals surface area contributed by atoms with Crippen LogP contribution in [0.25, 0.3) is 0 Å². The van der Waals surface area contributed by atoms with E-state index in [-0.39, 0.29) is 0 Å². The van der Waals surface area contributed by atoms with Gasteiger partial charge in [-0.25, -0.2) is 18.5 Å². The first kappa shape index (κ1) is 13.7. The van der Waals surface area contributed by atoms with Crippen LogP contribution in [0.5, 0.6) is 0 Å². The van der Waals surface area contributed by atoms with Crippen LogP contribution in [-0.2, 0) is 7.05 Å². The lowest BCUT2D eigenvalue weighted by molar-refractivity contribution is 0.251. The Balaban J connectivity index is 2.37. The SMILES string of the molecule is Cc1ccc(NC(=O)n2cc(F)c(=N)n(C)c2=O)cc1. The number of nitrogens with one attached hydrogen (secondary N) is 2. The fourth-order valence-corrected chi connectivity index (χ4v) is 1.61. The van der Waals surface area contributed by atoms with Gasteiger partial charge in [0.15, 0.2) is 11.3 Å². The molecular weight excluding hydrogens is 263 g/mol. The van der Waals surface area contributed by atoms with Crippen molar-refractivity contribution in [3.8, 4) is 0 Å². The van der Waals surface area contributed by atoms with Gasteiger partial charge in [0, 0.05) is 12.7 Å². The molecule has 0 aliphatic heterocycles. The second-order valence-electron chi connectivity index (χ2n) is 4.33. The third-order valence-corrected chi connectivity index (χ3v) is 2.82. The van der Waals surface area contributed by atoms with Gasteiger partial charge < -0.3 is 5.32 Å². The van der Waals surface area contributed by atoms with E-state index < -0.39 is 23.0 Å². The zero-order valence-corrected chi connectivity index (χ0v) is 11.0. The number of halogens is 1. The molecule has 6 nitrogen and oxygen atoms in total. The molecule has 2 aromatic rings. The van der Waals surface area contributed by atoms with Crippen LogP contribution in [0.15, 0.2) is 35.3 Å².